The zero-order valence-electron chi connectivity index (χ0n) is 16.5. The molecule has 0 aliphatic carbocycles. The second-order valence-corrected chi connectivity index (χ2v) is 9.25. The first-order valence-electron chi connectivity index (χ1n) is 9.30. The van der Waals surface area contributed by atoms with Gasteiger partial charge in [0.25, 0.3) is 0 Å². The molecule has 7 nitrogen and oxygen atoms in total. The van der Waals surface area contributed by atoms with Crippen LogP contribution in [0.2, 0.25) is 5.02 Å². The summed E-state index contributed by atoms with van der Waals surface area (Å²) in [5.41, 5.74) is 3.11. The van der Waals surface area contributed by atoms with E-state index in [0.717, 1.165) is 43.0 Å². The molecule has 1 saturated heterocycles. The van der Waals surface area contributed by atoms with Gasteiger partial charge >= 0.3 is 0 Å². The molecule has 2 aromatic carbocycles. The molecule has 1 heterocycles. The van der Waals surface area contributed by atoms with Gasteiger partial charge in [-0.05, 0) is 55.3 Å². The number of nitrogens with two attached hydrogens (primary N) is 1. The van der Waals surface area contributed by atoms with Crippen LogP contribution in [0, 0.1) is 13.8 Å². The molecular weight excluding hydrogens is 412 g/mol. The molecule has 1 aliphatic rings. The van der Waals surface area contributed by atoms with Crippen molar-refractivity contribution in [3.05, 3.63) is 52.5 Å². The maximum atomic E-state index is 12.5. The zero-order chi connectivity index (χ0) is 21.2. The quantitative estimate of drug-likeness (QED) is 0.750. The van der Waals surface area contributed by atoms with E-state index >= 15 is 0 Å². The van der Waals surface area contributed by atoms with Crippen LogP contribution in [0.15, 0.2) is 41.3 Å². The van der Waals surface area contributed by atoms with Crippen molar-refractivity contribution < 1.29 is 13.2 Å². The minimum Gasteiger partial charge on any atom is -0.369 e. The van der Waals surface area contributed by atoms with Crippen molar-refractivity contribution in [1.29, 1.82) is 0 Å². The highest BCUT2D eigenvalue weighted by Crippen LogP contribution is 2.24. The van der Waals surface area contributed by atoms with E-state index in [-0.39, 0.29) is 17.3 Å². The summed E-state index contributed by atoms with van der Waals surface area (Å²) in [6.45, 7) is 6.95. The first-order chi connectivity index (χ1) is 13.6. The van der Waals surface area contributed by atoms with Gasteiger partial charge in [-0.25, -0.2) is 13.6 Å². The highest BCUT2D eigenvalue weighted by Gasteiger charge is 2.20. The zero-order valence-corrected chi connectivity index (χ0v) is 18.1. The number of anilines is 2. The number of aryl methyl sites for hydroxylation is 1. The topological polar surface area (TPSA) is 95.7 Å². The molecule has 0 unspecified atom stereocenters. The minimum absolute atomic E-state index is 0.00830. The van der Waals surface area contributed by atoms with Gasteiger partial charge in [0.15, 0.2) is 0 Å². The molecule has 3 rings (SSSR count). The number of carbonyl (C=O) groups is 1. The number of carbonyl (C=O) groups excluding carboxylic acids is 1. The van der Waals surface area contributed by atoms with Gasteiger partial charge in [-0.15, -0.1) is 0 Å². The second kappa shape index (κ2) is 8.71. The SMILES string of the molecule is Cc1cc(S(N)(=O)=O)cc(NC(=O)CN2CCN(c3cccc(Cl)c3)CC2)c1C. The Bertz CT molecular complexity index is 1020. The average molecular weight is 437 g/mol. The van der Waals surface area contributed by atoms with Gasteiger partial charge in [0.2, 0.25) is 15.9 Å². The fourth-order valence-corrected chi connectivity index (χ4v) is 4.16. The summed E-state index contributed by atoms with van der Waals surface area (Å²) in [6.07, 6.45) is 0. The number of primary sulfonamides is 1. The molecule has 1 fully saturated rings. The Kier molecular flexibility index (Phi) is 6.48. The highest BCUT2D eigenvalue weighted by atomic mass is 35.5. The molecule has 156 valence electrons. The second-order valence-electron chi connectivity index (χ2n) is 7.25. The largest absolute Gasteiger partial charge is 0.369 e. The van der Waals surface area contributed by atoms with Gasteiger partial charge in [-0.2, -0.15) is 0 Å². The molecule has 9 heteroatoms. The fraction of sp³-hybridized carbons (Fsp3) is 0.350. The Morgan fingerprint density at radius 3 is 2.45 bits per heavy atom. The lowest BCUT2D eigenvalue weighted by Crippen LogP contribution is -2.48. The number of piperazine rings is 1. The van der Waals surface area contributed by atoms with E-state index in [2.05, 4.69) is 15.1 Å². The van der Waals surface area contributed by atoms with Crippen molar-refractivity contribution in [3.63, 3.8) is 0 Å². The van der Waals surface area contributed by atoms with Crippen LogP contribution in [0.4, 0.5) is 11.4 Å². The van der Waals surface area contributed by atoms with Gasteiger partial charge < -0.3 is 10.2 Å². The number of benzene rings is 2. The molecule has 0 aromatic heterocycles. The predicted molar refractivity (Wildman–Crippen MR) is 116 cm³/mol. The molecule has 1 aliphatic heterocycles. The Balaban J connectivity index is 1.60. The fourth-order valence-electron chi connectivity index (χ4n) is 3.35. The summed E-state index contributed by atoms with van der Waals surface area (Å²) in [5, 5.41) is 8.77. The van der Waals surface area contributed by atoms with E-state index in [4.69, 9.17) is 16.7 Å². The Hall–Kier alpha value is -2.13. The molecule has 29 heavy (non-hydrogen) atoms. The van der Waals surface area contributed by atoms with Crippen molar-refractivity contribution in [2.24, 2.45) is 5.14 Å². The number of rotatable bonds is 5. The molecule has 3 N–H and O–H groups in total. The lowest BCUT2D eigenvalue weighted by molar-refractivity contribution is -0.117. The van der Waals surface area contributed by atoms with Crippen molar-refractivity contribution in [2.75, 3.05) is 42.9 Å². The van der Waals surface area contributed by atoms with Crippen LogP contribution in [0.3, 0.4) is 0 Å². The first-order valence-corrected chi connectivity index (χ1v) is 11.2. The molecule has 2 aromatic rings. The third-order valence-corrected chi connectivity index (χ3v) is 6.28. The van der Waals surface area contributed by atoms with Crippen LogP contribution in [0.5, 0.6) is 0 Å². The van der Waals surface area contributed by atoms with Crippen LogP contribution in [0.1, 0.15) is 11.1 Å². The predicted octanol–water partition coefficient (Wildman–Crippen LogP) is 2.36. The highest BCUT2D eigenvalue weighted by molar-refractivity contribution is 7.89. The van der Waals surface area contributed by atoms with Crippen LogP contribution in [-0.4, -0.2) is 51.9 Å². The number of hydrogen-bond donors (Lipinski definition) is 2. The normalized spacial score (nSPS) is 15.4. The number of nitrogens with one attached hydrogen (secondary N) is 1. The van der Waals surface area contributed by atoms with Crippen molar-refractivity contribution in [3.8, 4) is 0 Å². The molecule has 1 amide bonds. The molecule has 0 bridgehead atoms. The maximum absolute atomic E-state index is 12.5. The summed E-state index contributed by atoms with van der Waals surface area (Å²) < 4.78 is 23.3. The van der Waals surface area contributed by atoms with Gasteiger partial charge in [-0.3, -0.25) is 9.69 Å². The lowest BCUT2D eigenvalue weighted by Gasteiger charge is -2.35. The van der Waals surface area contributed by atoms with E-state index in [1.807, 2.05) is 31.2 Å². The Morgan fingerprint density at radius 1 is 1.14 bits per heavy atom. The van der Waals surface area contributed by atoms with Crippen molar-refractivity contribution in [1.82, 2.24) is 4.90 Å². The molecule has 0 saturated carbocycles. The van der Waals surface area contributed by atoms with E-state index in [0.29, 0.717) is 10.7 Å². The molecule has 0 atom stereocenters. The van der Waals surface area contributed by atoms with Crippen LogP contribution >= 0.6 is 11.6 Å². The van der Waals surface area contributed by atoms with Crippen molar-refractivity contribution in [2.45, 2.75) is 18.7 Å². The standard InChI is InChI=1S/C20H25ClN4O3S/c1-14-10-18(29(22,27)28)12-19(15(14)2)23-20(26)13-24-6-8-25(9-7-24)17-5-3-4-16(21)11-17/h3-5,10-12H,6-9,13H2,1-2H3,(H,23,26)(H2,22,27,28). The maximum Gasteiger partial charge on any atom is 0.238 e. The van der Waals surface area contributed by atoms with E-state index in [1.165, 1.54) is 12.1 Å². The van der Waals surface area contributed by atoms with E-state index in [9.17, 15) is 13.2 Å². The van der Waals surface area contributed by atoms with Gasteiger partial charge in [-0.1, -0.05) is 17.7 Å². The molecule has 0 radical (unpaired) electrons. The van der Waals surface area contributed by atoms with E-state index in [1.54, 1.807) is 6.92 Å². The number of amides is 1. The number of halogens is 1. The van der Waals surface area contributed by atoms with Gasteiger partial charge in [0, 0.05) is 42.6 Å². The summed E-state index contributed by atoms with van der Waals surface area (Å²) in [4.78, 5) is 16.8. The third-order valence-electron chi connectivity index (χ3n) is 5.16. The monoisotopic (exact) mass is 436 g/mol. The number of nitrogens with zero attached hydrogens (tertiary/aromatic N) is 2. The lowest BCUT2D eigenvalue weighted by atomic mass is 10.1. The smallest absolute Gasteiger partial charge is 0.238 e. The number of sulfonamides is 1. The van der Waals surface area contributed by atoms with Crippen LogP contribution in [0.25, 0.3) is 0 Å². The Labute approximate surface area is 176 Å². The van der Waals surface area contributed by atoms with Crippen LogP contribution < -0.4 is 15.4 Å². The summed E-state index contributed by atoms with van der Waals surface area (Å²) in [5.74, 6) is -0.185. The minimum atomic E-state index is -3.84. The molecular formula is C20H25ClN4O3S. The third kappa shape index (κ3) is 5.48. The van der Waals surface area contributed by atoms with Gasteiger partial charge in [0.1, 0.15) is 0 Å². The van der Waals surface area contributed by atoms with Crippen LogP contribution in [-0.2, 0) is 14.8 Å². The van der Waals surface area contributed by atoms with E-state index < -0.39 is 10.0 Å². The first kappa shape index (κ1) is 21.6. The van der Waals surface area contributed by atoms with Crippen molar-refractivity contribution >= 4 is 38.9 Å². The molecule has 0 spiro atoms. The Morgan fingerprint density at radius 2 is 1.83 bits per heavy atom. The number of hydrogen-bond acceptors (Lipinski definition) is 5. The summed E-state index contributed by atoms with van der Waals surface area (Å²) in [6, 6.07) is 10.7. The van der Waals surface area contributed by atoms with Gasteiger partial charge in [0.05, 0.1) is 11.4 Å². The summed E-state index contributed by atoms with van der Waals surface area (Å²) in [7, 11) is -3.84. The average Bonchev–Trinajstić information content (AvgIpc) is 2.65. The summed E-state index contributed by atoms with van der Waals surface area (Å²) >= 11 is 6.07.